The predicted octanol–water partition coefficient (Wildman–Crippen LogP) is 1.97. The molecule has 0 aromatic rings. The number of nitrogens with zero attached hydrogens (tertiary/aromatic N) is 1. The number of carbonyl (C=O) groups is 1. The van der Waals surface area contributed by atoms with Gasteiger partial charge in [-0.1, -0.05) is 13.8 Å². The average Bonchev–Trinajstić information content (AvgIpc) is 2.61. The molecule has 0 aromatic heterocycles. The van der Waals surface area contributed by atoms with Crippen LogP contribution in [0.5, 0.6) is 0 Å². The summed E-state index contributed by atoms with van der Waals surface area (Å²) < 4.78 is 10.4. The molecule has 0 saturated heterocycles. The monoisotopic (exact) mass is 271 g/mol. The van der Waals surface area contributed by atoms with Crippen LogP contribution in [-0.4, -0.2) is 57.2 Å². The Hall–Kier alpha value is -0.450. The van der Waals surface area contributed by atoms with Crippen molar-refractivity contribution in [2.75, 3.05) is 40.5 Å². The van der Waals surface area contributed by atoms with Crippen molar-refractivity contribution < 1.29 is 14.3 Å². The second kappa shape index (κ2) is 7.36. The van der Waals surface area contributed by atoms with Gasteiger partial charge in [-0.15, -0.1) is 0 Å². The number of Topliss-reactive ketones (excluding diaryl/α,β-unsaturated/α-hetero) is 1. The summed E-state index contributed by atoms with van der Waals surface area (Å²) in [7, 11) is 3.43. The van der Waals surface area contributed by atoms with Crippen LogP contribution in [0.4, 0.5) is 0 Å². The standard InChI is InChI=1S/C15H29NO3/c1-12(11-19-5)16(8-9-18-4)10-13-6-7-15(2,3)14(13)17/h12-13H,6-11H2,1-5H3. The molecule has 4 heteroatoms. The van der Waals surface area contributed by atoms with Crippen LogP contribution in [0.3, 0.4) is 0 Å². The Kier molecular flexibility index (Phi) is 6.43. The molecule has 0 N–H and O–H groups in total. The lowest BCUT2D eigenvalue weighted by atomic mass is 9.89. The summed E-state index contributed by atoms with van der Waals surface area (Å²) in [6, 6.07) is 0.316. The molecule has 4 nitrogen and oxygen atoms in total. The van der Waals surface area contributed by atoms with Gasteiger partial charge < -0.3 is 9.47 Å². The first-order valence-corrected chi connectivity index (χ1v) is 7.18. The second-order valence-corrected chi connectivity index (χ2v) is 6.28. The number of hydrogen-bond acceptors (Lipinski definition) is 4. The maximum Gasteiger partial charge on any atom is 0.142 e. The quantitative estimate of drug-likeness (QED) is 0.676. The molecule has 0 spiro atoms. The zero-order valence-electron chi connectivity index (χ0n) is 13.1. The summed E-state index contributed by atoms with van der Waals surface area (Å²) >= 11 is 0. The van der Waals surface area contributed by atoms with Crippen LogP contribution >= 0.6 is 0 Å². The Morgan fingerprint density at radius 1 is 1.37 bits per heavy atom. The SMILES string of the molecule is COCCN(CC1CCC(C)(C)C1=O)C(C)COC. The zero-order chi connectivity index (χ0) is 14.5. The van der Waals surface area contributed by atoms with Crippen LogP contribution < -0.4 is 0 Å². The zero-order valence-corrected chi connectivity index (χ0v) is 13.1. The van der Waals surface area contributed by atoms with E-state index < -0.39 is 0 Å². The summed E-state index contributed by atoms with van der Waals surface area (Å²) in [4.78, 5) is 14.6. The van der Waals surface area contributed by atoms with E-state index in [-0.39, 0.29) is 11.3 Å². The lowest BCUT2D eigenvalue weighted by Crippen LogP contribution is -2.43. The highest BCUT2D eigenvalue weighted by molar-refractivity contribution is 5.88. The largest absolute Gasteiger partial charge is 0.383 e. The lowest BCUT2D eigenvalue weighted by Gasteiger charge is -2.30. The summed E-state index contributed by atoms with van der Waals surface area (Å²) in [5.74, 6) is 0.589. The molecule has 1 aliphatic carbocycles. The minimum atomic E-state index is -0.137. The molecule has 1 rings (SSSR count). The van der Waals surface area contributed by atoms with Gasteiger partial charge in [-0.2, -0.15) is 0 Å². The van der Waals surface area contributed by atoms with Gasteiger partial charge in [0, 0.05) is 44.7 Å². The maximum atomic E-state index is 12.3. The van der Waals surface area contributed by atoms with Gasteiger partial charge in [0.2, 0.25) is 0 Å². The molecule has 112 valence electrons. The fraction of sp³-hybridized carbons (Fsp3) is 0.933. The van der Waals surface area contributed by atoms with Crippen molar-refractivity contribution in [1.29, 1.82) is 0 Å². The molecule has 0 amide bonds. The molecule has 19 heavy (non-hydrogen) atoms. The highest BCUT2D eigenvalue weighted by Gasteiger charge is 2.41. The van der Waals surface area contributed by atoms with Gasteiger partial charge in [0.15, 0.2) is 0 Å². The molecule has 0 radical (unpaired) electrons. The summed E-state index contributed by atoms with van der Waals surface area (Å²) in [6.07, 6.45) is 2.02. The third-order valence-electron chi connectivity index (χ3n) is 4.22. The van der Waals surface area contributed by atoms with Crippen molar-refractivity contribution in [1.82, 2.24) is 4.90 Å². The van der Waals surface area contributed by atoms with Crippen molar-refractivity contribution in [2.24, 2.45) is 11.3 Å². The highest BCUT2D eigenvalue weighted by atomic mass is 16.5. The van der Waals surface area contributed by atoms with Crippen LogP contribution in [-0.2, 0) is 14.3 Å². The molecule has 0 aromatic carbocycles. The van der Waals surface area contributed by atoms with E-state index in [0.29, 0.717) is 25.0 Å². The number of hydrogen-bond donors (Lipinski definition) is 0. The Bertz CT molecular complexity index is 291. The van der Waals surface area contributed by atoms with Crippen LogP contribution in [0.2, 0.25) is 0 Å². The van der Waals surface area contributed by atoms with Crippen molar-refractivity contribution in [3.63, 3.8) is 0 Å². The average molecular weight is 271 g/mol. The number of ether oxygens (including phenoxy) is 2. The number of rotatable bonds is 8. The number of carbonyl (C=O) groups excluding carboxylic acids is 1. The van der Waals surface area contributed by atoms with E-state index in [1.807, 2.05) is 0 Å². The summed E-state index contributed by atoms with van der Waals surface area (Å²) in [5, 5.41) is 0. The minimum absolute atomic E-state index is 0.137. The van der Waals surface area contributed by atoms with Crippen LogP contribution in [0.25, 0.3) is 0 Å². The van der Waals surface area contributed by atoms with E-state index in [4.69, 9.17) is 9.47 Å². The molecule has 0 bridgehead atoms. The van der Waals surface area contributed by atoms with Gasteiger partial charge in [0.1, 0.15) is 5.78 Å². The summed E-state index contributed by atoms with van der Waals surface area (Å²) in [5.41, 5.74) is -0.137. The van der Waals surface area contributed by atoms with Crippen molar-refractivity contribution in [2.45, 2.75) is 39.7 Å². The third-order valence-corrected chi connectivity index (χ3v) is 4.22. The fourth-order valence-electron chi connectivity index (χ4n) is 2.85. The Labute approximate surface area is 117 Å². The first-order valence-electron chi connectivity index (χ1n) is 7.18. The van der Waals surface area contributed by atoms with Gasteiger partial charge >= 0.3 is 0 Å². The summed E-state index contributed by atoms with van der Waals surface area (Å²) in [6.45, 7) is 9.33. The molecule has 2 atom stereocenters. The Morgan fingerprint density at radius 3 is 2.53 bits per heavy atom. The normalized spacial score (nSPS) is 24.1. The molecule has 0 aliphatic heterocycles. The van der Waals surface area contributed by atoms with Crippen LogP contribution in [0, 0.1) is 11.3 Å². The van der Waals surface area contributed by atoms with E-state index in [9.17, 15) is 4.79 Å². The topological polar surface area (TPSA) is 38.8 Å². The van der Waals surface area contributed by atoms with E-state index in [1.54, 1.807) is 14.2 Å². The third kappa shape index (κ3) is 4.55. The van der Waals surface area contributed by atoms with E-state index in [0.717, 1.165) is 25.9 Å². The van der Waals surface area contributed by atoms with E-state index >= 15 is 0 Å². The van der Waals surface area contributed by atoms with Gasteiger partial charge in [0.05, 0.1) is 13.2 Å². The molecular weight excluding hydrogens is 242 g/mol. The van der Waals surface area contributed by atoms with Crippen molar-refractivity contribution in [3.05, 3.63) is 0 Å². The molecule has 1 saturated carbocycles. The molecule has 2 unspecified atom stereocenters. The smallest absolute Gasteiger partial charge is 0.142 e. The van der Waals surface area contributed by atoms with Crippen molar-refractivity contribution in [3.8, 4) is 0 Å². The second-order valence-electron chi connectivity index (χ2n) is 6.28. The lowest BCUT2D eigenvalue weighted by molar-refractivity contribution is -0.128. The molecule has 0 heterocycles. The van der Waals surface area contributed by atoms with Crippen LogP contribution in [0.1, 0.15) is 33.6 Å². The number of ketones is 1. The molecular formula is C15H29NO3. The fourth-order valence-corrected chi connectivity index (χ4v) is 2.85. The first kappa shape index (κ1) is 16.6. The van der Waals surface area contributed by atoms with Gasteiger partial charge in [-0.3, -0.25) is 9.69 Å². The highest BCUT2D eigenvalue weighted by Crippen LogP contribution is 2.37. The predicted molar refractivity (Wildman–Crippen MR) is 76.3 cm³/mol. The Morgan fingerprint density at radius 2 is 2.05 bits per heavy atom. The van der Waals surface area contributed by atoms with Crippen LogP contribution in [0.15, 0.2) is 0 Å². The van der Waals surface area contributed by atoms with E-state index in [2.05, 4.69) is 25.7 Å². The molecule has 1 fully saturated rings. The Balaban J connectivity index is 2.59. The van der Waals surface area contributed by atoms with Gasteiger partial charge in [-0.25, -0.2) is 0 Å². The van der Waals surface area contributed by atoms with Gasteiger partial charge in [-0.05, 0) is 19.8 Å². The number of methoxy groups -OCH3 is 2. The van der Waals surface area contributed by atoms with Crippen molar-refractivity contribution >= 4 is 5.78 Å². The first-order chi connectivity index (χ1) is 8.92. The minimum Gasteiger partial charge on any atom is -0.383 e. The molecule has 1 aliphatic rings. The maximum absolute atomic E-state index is 12.3. The van der Waals surface area contributed by atoms with Gasteiger partial charge in [0.25, 0.3) is 0 Å². The van der Waals surface area contributed by atoms with E-state index in [1.165, 1.54) is 0 Å².